The number of fused-ring (bicyclic) bond motifs is 1. The zero-order valence-electron chi connectivity index (χ0n) is 9.45. The number of nitrogens with zero attached hydrogens (tertiary/aromatic N) is 3. The number of hydrogen-bond acceptors (Lipinski definition) is 3. The average molecular weight is 254 g/mol. The molecule has 0 aliphatic heterocycles. The lowest BCUT2D eigenvalue weighted by molar-refractivity contribution is 1.06. The first-order chi connectivity index (χ1) is 8.77. The molecule has 2 heterocycles. The topological polar surface area (TPSA) is 56.7 Å². The Morgan fingerprint density at radius 1 is 1.28 bits per heavy atom. The van der Waals surface area contributed by atoms with Crippen molar-refractivity contribution in [3.63, 3.8) is 0 Å². The van der Waals surface area contributed by atoms with Crippen LogP contribution >= 0.6 is 12.2 Å². The Bertz CT molecular complexity index is 719. The molecule has 0 aliphatic carbocycles. The smallest absolute Gasteiger partial charge is 0.107 e. The highest BCUT2D eigenvalue weighted by Gasteiger charge is 2.11. The molecule has 1 aromatic carbocycles. The molecular formula is C13H10N4S. The molecule has 2 N–H and O–H groups in total. The van der Waals surface area contributed by atoms with E-state index < -0.39 is 0 Å². The SMILES string of the molecule is NC(=S)c1cnc2ccccc2c1-n1ccnc1. The Labute approximate surface area is 109 Å². The number of thiocarbonyl (C=S) groups is 1. The molecule has 4 nitrogen and oxygen atoms in total. The number of nitrogens with two attached hydrogens (primary N) is 1. The van der Waals surface area contributed by atoms with Crippen LogP contribution in [0.5, 0.6) is 0 Å². The second-order valence-corrected chi connectivity index (χ2v) is 4.31. The Balaban J connectivity index is 2.43. The zero-order chi connectivity index (χ0) is 12.5. The van der Waals surface area contributed by atoms with Gasteiger partial charge in [-0.05, 0) is 6.07 Å². The van der Waals surface area contributed by atoms with Gasteiger partial charge in [-0.2, -0.15) is 0 Å². The van der Waals surface area contributed by atoms with E-state index in [1.807, 2.05) is 35.0 Å². The van der Waals surface area contributed by atoms with Gasteiger partial charge in [0.05, 0.1) is 23.1 Å². The van der Waals surface area contributed by atoms with E-state index in [0.29, 0.717) is 4.99 Å². The first-order valence-electron chi connectivity index (χ1n) is 5.43. The molecule has 18 heavy (non-hydrogen) atoms. The second kappa shape index (κ2) is 4.19. The van der Waals surface area contributed by atoms with E-state index in [9.17, 15) is 0 Å². The van der Waals surface area contributed by atoms with Crippen molar-refractivity contribution in [1.29, 1.82) is 0 Å². The van der Waals surface area contributed by atoms with Crippen LogP contribution < -0.4 is 5.73 Å². The van der Waals surface area contributed by atoms with Crippen molar-refractivity contribution in [2.24, 2.45) is 5.73 Å². The molecule has 0 fully saturated rings. The number of aromatic nitrogens is 3. The molecular weight excluding hydrogens is 244 g/mol. The molecule has 0 aliphatic rings. The Morgan fingerprint density at radius 2 is 2.11 bits per heavy atom. The van der Waals surface area contributed by atoms with Gasteiger partial charge in [-0.3, -0.25) is 4.98 Å². The van der Waals surface area contributed by atoms with Crippen LogP contribution in [0.1, 0.15) is 5.56 Å². The minimum atomic E-state index is 0.331. The molecule has 0 bridgehead atoms. The summed E-state index contributed by atoms with van der Waals surface area (Å²) < 4.78 is 1.90. The third kappa shape index (κ3) is 1.65. The maximum Gasteiger partial charge on any atom is 0.107 e. The maximum absolute atomic E-state index is 5.77. The standard InChI is InChI=1S/C13H10N4S/c14-13(18)10-7-16-11-4-2-1-3-9(11)12(10)17-6-5-15-8-17/h1-8H,(H2,14,18). The minimum absolute atomic E-state index is 0.331. The number of para-hydroxylation sites is 1. The van der Waals surface area contributed by atoms with E-state index in [0.717, 1.165) is 22.2 Å². The zero-order valence-corrected chi connectivity index (χ0v) is 10.3. The lowest BCUT2D eigenvalue weighted by atomic mass is 10.1. The summed E-state index contributed by atoms with van der Waals surface area (Å²) in [5, 5.41) is 1.00. The first-order valence-corrected chi connectivity index (χ1v) is 5.84. The van der Waals surface area contributed by atoms with E-state index in [1.165, 1.54) is 0 Å². The summed E-state index contributed by atoms with van der Waals surface area (Å²) in [6.07, 6.45) is 7.02. The summed E-state index contributed by atoms with van der Waals surface area (Å²) in [5.41, 5.74) is 8.35. The molecule has 0 atom stereocenters. The number of imidazole rings is 1. The fourth-order valence-corrected chi connectivity index (χ4v) is 2.13. The normalized spacial score (nSPS) is 10.7. The third-order valence-corrected chi connectivity index (χ3v) is 2.99. The molecule has 0 saturated heterocycles. The number of benzene rings is 1. The van der Waals surface area contributed by atoms with Gasteiger partial charge in [0.15, 0.2) is 0 Å². The van der Waals surface area contributed by atoms with E-state index in [1.54, 1.807) is 18.7 Å². The molecule has 0 spiro atoms. The summed E-state index contributed by atoms with van der Waals surface area (Å²) >= 11 is 5.09. The highest BCUT2D eigenvalue weighted by Crippen LogP contribution is 2.24. The summed E-state index contributed by atoms with van der Waals surface area (Å²) in [6, 6.07) is 7.87. The van der Waals surface area contributed by atoms with Crippen molar-refractivity contribution in [3.8, 4) is 5.69 Å². The van der Waals surface area contributed by atoms with Gasteiger partial charge in [0.2, 0.25) is 0 Å². The predicted octanol–water partition coefficient (Wildman–Crippen LogP) is 2.05. The molecule has 88 valence electrons. The van der Waals surface area contributed by atoms with Crippen LogP contribution in [0.4, 0.5) is 0 Å². The molecule has 0 unspecified atom stereocenters. The van der Waals surface area contributed by atoms with Crippen LogP contribution in [0.3, 0.4) is 0 Å². The summed E-state index contributed by atoms with van der Waals surface area (Å²) in [6.45, 7) is 0. The van der Waals surface area contributed by atoms with Crippen molar-refractivity contribution < 1.29 is 0 Å². The van der Waals surface area contributed by atoms with Crippen LogP contribution in [0, 0.1) is 0 Å². The Kier molecular flexibility index (Phi) is 2.53. The van der Waals surface area contributed by atoms with Crippen molar-refractivity contribution in [2.75, 3.05) is 0 Å². The number of hydrogen-bond donors (Lipinski definition) is 1. The highest BCUT2D eigenvalue weighted by molar-refractivity contribution is 7.80. The van der Waals surface area contributed by atoms with Crippen molar-refractivity contribution in [3.05, 3.63) is 54.7 Å². The quantitative estimate of drug-likeness (QED) is 0.711. The van der Waals surface area contributed by atoms with Gasteiger partial charge in [0.25, 0.3) is 0 Å². The van der Waals surface area contributed by atoms with E-state index in [4.69, 9.17) is 18.0 Å². The van der Waals surface area contributed by atoms with Gasteiger partial charge in [0.1, 0.15) is 4.99 Å². The summed E-state index contributed by atoms with van der Waals surface area (Å²) in [5.74, 6) is 0. The highest BCUT2D eigenvalue weighted by atomic mass is 32.1. The van der Waals surface area contributed by atoms with Crippen molar-refractivity contribution in [2.45, 2.75) is 0 Å². The fourth-order valence-electron chi connectivity index (χ4n) is 1.98. The van der Waals surface area contributed by atoms with E-state index >= 15 is 0 Å². The van der Waals surface area contributed by atoms with Gasteiger partial charge in [-0.25, -0.2) is 4.98 Å². The lowest BCUT2D eigenvalue weighted by Crippen LogP contribution is -2.14. The predicted molar refractivity (Wildman–Crippen MR) is 74.8 cm³/mol. The van der Waals surface area contributed by atoms with Crippen LogP contribution in [0.15, 0.2) is 49.2 Å². The van der Waals surface area contributed by atoms with Crippen LogP contribution in [-0.2, 0) is 0 Å². The third-order valence-electron chi connectivity index (χ3n) is 2.78. The molecule has 0 amide bonds. The van der Waals surface area contributed by atoms with Crippen LogP contribution in [0.2, 0.25) is 0 Å². The molecule has 3 aromatic rings. The largest absolute Gasteiger partial charge is 0.389 e. The Morgan fingerprint density at radius 3 is 2.83 bits per heavy atom. The van der Waals surface area contributed by atoms with Gasteiger partial charge < -0.3 is 10.3 Å². The number of rotatable bonds is 2. The van der Waals surface area contributed by atoms with Gasteiger partial charge >= 0.3 is 0 Å². The molecule has 0 radical (unpaired) electrons. The molecule has 3 rings (SSSR count). The monoisotopic (exact) mass is 254 g/mol. The summed E-state index contributed by atoms with van der Waals surface area (Å²) in [4.78, 5) is 8.77. The molecule has 0 saturated carbocycles. The van der Waals surface area contributed by atoms with Crippen LogP contribution in [0.25, 0.3) is 16.6 Å². The van der Waals surface area contributed by atoms with Gasteiger partial charge in [-0.15, -0.1) is 0 Å². The average Bonchev–Trinajstić information content (AvgIpc) is 2.90. The molecule has 5 heteroatoms. The first kappa shape index (κ1) is 10.9. The molecule has 2 aromatic heterocycles. The second-order valence-electron chi connectivity index (χ2n) is 3.87. The van der Waals surface area contributed by atoms with Gasteiger partial charge in [0, 0.05) is 24.0 Å². The number of pyridine rings is 1. The van der Waals surface area contributed by atoms with Crippen LogP contribution in [-0.4, -0.2) is 19.5 Å². The van der Waals surface area contributed by atoms with Gasteiger partial charge in [-0.1, -0.05) is 30.4 Å². The summed E-state index contributed by atoms with van der Waals surface area (Å²) in [7, 11) is 0. The Hall–Kier alpha value is -2.27. The maximum atomic E-state index is 5.77. The van der Waals surface area contributed by atoms with Crippen molar-refractivity contribution in [1.82, 2.24) is 14.5 Å². The lowest BCUT2D eigenvalue weighted by Gasteiger charge is -2.11. The van der Waals surface area contributed by atoms with E-state index in [2.05, 4.69) is 9.97 Å². The minimum Gasteiger partial charge on any atom is -0.389 e. The fraction of sp³-hybridized carbons (Fsp3) is 0. The van der Waals surface area contributed by atoms with Crippen molar-refractivity contribution >= 4 is 28.1 Å². The van der Waals surface area contributed by atoms with E-state index in [-0.39, 0.29) is 0 Å².